The number of aliphatic hydroxyl groups excluding tert-OH is 1. The highest BCUT2D eigenvalue weighted by atomic mass is 16.5. The number of carbonyl (C=O) groups excluding carboxylic acids is 5. The van der Waals surface area contributed by atoms with Crippen LogP contribution in [0.5, 0.6) is 0 Å². The SMILES string of the molecule is COC(=O)C(C)CC(=O)/C=C(/C)C1CC(=O)[C@@]2(C)C3=C(C(=O)C[C@]12C)[C@@]1(C)CCC(=O)C(C)(C)C1C[C@@H]3O. The van der Waals surface area contributed by atoms with E-state index in [4.69, 9.17) is 4.74 Å². The molecule has 0 aromatic carbocycles. The fourth-order valence-corrected chi connectivity index (χ4v) is 8.71. The Morgan fingerprint density at radius 2 is 1.74 bits per heavy atom. The maximum absolute atomic E-state index is 14.1. The van der Waals surface area contributed by atoms with Gasteiger partial charge in [-0.25, -0.2) is 0 Å². The summed E-state index contributed by atoms with van der Waals surface area (Å²) in [4.78, 5) is 65.4. The van der Waals surface area contributed by atoms with Gasteiger partial charge in [0.15, 0.2) is 11.6 Å². The molecule has 0 saturated heterocycles. The fourth-order valence-electron chi connectivity index (χ4n) is 8.71. The van der Waals surface area contributed by atoms with Gasteiger partial charge in [-0.05, 0) is 55.6 Å². The number of fused-ring (bicyclic) bond motifs is 4. The summed E-state index contributed by atoms with van der Waals surface area (Å²) in [5.41, 5.74) is -1.29. The quantitative estimate of drug-likeness (QED) is 0.418. The predicted molar refractivity (Wildman–Crippen MR) is 141 cm³/mol. The molecule has 2 saturated carbocycles. The van der Waals surface area contributed by atoms with Gasteiger partial charge in [0, 0.05) is 42.1 Å². The maximum atomic E-state index is 14.1. The summed E-state index contributed by atoms with van der Waals surface area (Å²) < 4.78 is 4.73. The van der Waals surface area contributed by atoms with Crippen molar-refractivity contribution in [3.05, 3.63) is 22.8 Å². The van der Waals surface area contributed by atoms with Gasteiger partial charge < -0.3 is 9.84 Å². The van der Waals surface area contributed by atoms with E-state index in [1.807, 2.05) is 41.5 Å². The molecule has 4 aliphatic carbocycles. The molecule has 0 aromatic rings. The molecular formula is C31H42O7. The maximum Gasteiger partial charge on any atom is 0.308 e. The lowest BCUT2D eigenvalue weighted by Crippen LogP contribution is -2.59. The molecule has 1 N–H and O–H groups in total. The predicted octanol–water partition coefficient (Wildman–Crippen LogP) is 4.35. The number of ether oxygens (including phenoxy) is 1. The third-order valence-electron chi connectivity index (χ3n) is 11.1. The van der Waals surface area contributed by atoms with E-state index in [1.165, 1.54) is 13.2 Å². The molecular weight excluding hydrogens is 484 g/mol. The van der Waals surface area contributed by atoms with Gasteiger partial charge in [0.1, 0.15) is 11.6 Å². The first-order valence-corrected chi connectivity index (χ1v) is 13.8. The Bertz CT molecular complexity index is 1190. The smallest absolute Gasteiger partial charge is 0.308 e. The highest BCUT2D eigenvalue weighted by molar-refractivity contribution is 6.06. The van der Waals surface area contributed by atoms with Crippen molar-refractivity contribution in [2.45, 2.75) is 93.1 Å². The Morgan fingerprint density at radius 1 is 1.11 bits per heavy atom. The van der Waals surface area contributed by atoms with Crippen LogP contribution in [-0.2, 0) is 28.7 Å². The monoisotopic (exact) mass is 526 g/mol. The molecule has 7 heteroatoms. The van der Waals surface area contributed by atoms with Gasteiger partial charge >= 0.3 is 5.97 Å². The first-order chi connectivity index (χ1) is 17.5. The van der Waals surface area contributed by atoms with Crippen LogP contribution < -0.4 is 0 Å². The van der Waals surface area contributed by atoms with Crippen molar-refractivity contribution in [2.75, 3.05) is 7.11 Å². The minimum Gasteiger partial charge on any atom is -0.469 e. The van der Waals surface area contributed by atoms with Gasteiger partial charge in [-0.15, -0.1) is 0 Å². The summed E-state index contributed by atoms with van der Waals surface area (Å²) in [6.45, 7) is 13.1. The lowest BCUT2D eigenvalue weighted by molar-refractivity contribution is -0.146. The molecule has 0 aromatic heterocycles. The first kappa shape index (κ1) is 28.6. The third kappa shape index (κ3) is 3.75. The van der Waals surface area contributed by atoms with Crippen LogP contribution in [0.2, 0.25) is 0 Å². The topological polar surface area (TPSA) is 115 Å². The van der Waals surface area contributed by atoms with Crippen molar-refractivity contribution >= 4 is 29.1 Å². The molecule has 3 unspecified atom stereocenters. The number of methoxy groups -OCH3 is 1. The Kier molecular flexibility index (Phi) is 6.83. The molecule has 4 rings (SSSR count). The second-order valence-electron chi connectivity index (χ2n) is 13.5. The second-order valence-corrected chi connectivity index (χ2v) is 13.5. The number of hydrogen-bond acceptors (Lipinski definition) is 7. The lowest BCUT2D eigenvalue weighted by Gasteiger charge is -2.60. The van der Waals surface area contributed by atoms with Crippen molar-refractivity contribution < 1.29 is 33.8 Å². The number of esters is 1. The van der Waals surface area contributed by atoms with Crippen LogP contribution in [-0.4, -0.2) is 47.4 Å². The largest absolute Gasteiger partial charge is 0.469 e. The van der Waals surface area contributed by atoms with E-state index in [-0.39, 0.29) is 54.2 Å². The summed E-state index contributed by atoms with van der Waals surface area (Å²) >= 11 is 0. The summed E-state index contributed by atoms with van der Waals surface area (Å²) in [6, 6.07) is 0. The van der Waals surface area contributed by atoms with Gasteiger partial charge in [0.05, 0.1) is 24.5 Å². The average molecular weight is 527 g/mol. The zero-order chi connectivity index (χ0) is 28.6. The number of aliphatic hydroxyl groups is 1. The number of carbonyl (C=O) groups is 5. The van der Waals surface area contributed by atoms with Gasteiger partial charge in [-0.2, -0.15) is 0 Å². The number of allylic oxidation sites excluding steroid dienone is 3. The molecule has 0 bridgehead atoms. The minimum atomic E-state index is -1.06. The van der Waals surface area contributed by atoms with Crippen molar-refractivity contribution in [1.29, 1.82) is 0 Å². The molecule has 4 aliphatic rings. The summed E-state index contributed by atoms with van der Waals surface area (Å²) in [7, 11) is 1.29. The van der Waals surface area contributed by atoms with Gasteiger partial charge in [-0.1, -0.05) is 40.2 Å². The third-order valence-corrected chi connectivity index (χ3v) is 11.1. The fraction of sp³-hybridized carbons (Fsp3) is 0.710. The van der Waals surface area contributed by atoms with E-state index in [0.29, 0.717) is 36.0 Å². The molecule has 7 atom stereocenters. The number of Topliss-reactive ketones (excluding diaryl/α,β-unsaturated/α-hetero) is 3. The summed E-state index contributed by atoms with van der Waals surface area (Å²) in [6.07, 6.45) is 2.08. The van der Waals surface area contributed by atoms with Crippen molar-refractivity contribution in [3.63, 3.8) is 0 Å². The van der Waals surface area contributed by atoms with E-state index in [1.54, 1.807) is 6.92 Å². The second kappa shape index (κ2) is 9.07. The van der Waals surface area contributed by atoms with E-state index < -0.39 is 39.7 Å². The molecule has 0 heterocycles. The van der Waals surface area contributed by atoms with Crippen molar-refractivity contribution in [3.8, 4) is 0 Å². The Morgan fingerprint density at radius 3 is 2.34 bits per heavy atom. The molecule has 0 amide bonds. The Balaban J connectivity index is 1.78. The van der Waals surface area contributed by atoms with Crippen LogP contribution in [0, 0.1) is 39.4 Å². The van der Waals surface area contributed by atoms with E-state index in [0.717, 1.165) is 0 Å². The molecule has 2 fully saturated rings. The van der Waals surface area contributed by atoms with Crippen molar-refractivity contribution in [1.82, 2.24) is 0 Å². The van der Waals surface area contributed by atoms with Gasteiger partial charge in [0.2, 0.25) is 0 Å². The molecule has 7 nitrogen and oxygen atoms in total. The number of hydrogen-bond donors (Lipinski definition) is 1. The highest BCUT2D eigenvalue weighted by Gasteiger charge is 2.70. The molecule has 208 valence electrons. The van der Waals surface area contributed by atoms with Crippen LogP contribution in [0.1, 0.15) is 87.0 Å². The molecule has 0 spiro atoms. The van der Waals surface area contributed by atoms with Crippen molar-refractivity contribution in [2.24, 2.45) is 39.4 Å². The molecule has 0 aliphatic heterocycles. The zero-order valence-corrected chi connectivity index (χ0v) is 24.0. The van der Waals surface area contributed by atoms with E-state index in [2.05, 4.69) is 0 Å². The van der Waals surface area contributed by atoms with Gasteiger partial charge in [0.25, 0.3) is 0 Å². The van der Waals surface area contributed by atoms with Gasteiger partial charge in [-0.3, -0.25) is 24.0 Å². The van der Waals surface area contributed by atoms with Crippen LogP contribution in [0.25, 0.3) is 0 Å². The number of rotatable bonds is 5. The standard InChI is InChI=1S/C31H42O7/c1-16(11-18(32)12-17(2)27(37)38-8)19-13-24(36)31(7)26-20(33)14-22-28(3,4)23(35)9-10-29(22,5)25(26)21(34)15-30(19,31)6/h11,17,19-20,22,33H,9-10,12-15H2,1-8H3/b16-11-/t17?,19?,20-,22?,29-,30+,31-/m0/s1. The van der Waals surface area contributed by atoms with Crippen LogP contribution >= 0.6 is 0 Å². The first-order valence-electron chi connectivity index (χ1n) is 13.8. The minimum absolute atomic E-state index is 0.000143. The highest BCUT2D eigenvalue weighted by Crippen LogP contribution is 2.70. The number of ketones is 4. The average Bonchev–Trinajstić information content (AvgIpc) is 3.03. The summed E-state index contributed by atoms with van der Waals surface area (Å²) in [5, 5.41) is 11.6. The van der Waals surface area contributed by atoms with E-state index in [9.17, 15) is 29.1 Å². The molecule has 0 radical (unpaired) electrons. The zero-order valence-electron chi connectivity index (χ0n) is 24.0. The lowest BCUT2D eigenvalue weighted by atomic mass is 9.42. The van der Waals surface area contributed by atoms with Crippen LogP contribution in [0.3, 0.4) is 0 Å². The van der Waals surface area contributed by atoms with E-state index >= 15 is 0 Å². The Labute approximate surface area is 225 Å². The van der Waals surface area contributed by atoms with Crippen LogP contribution in [0.15, 0.2) is 22.8 Å². The Hall–Kier alpha value is -2.41. The molecule has 38 heavy (non-hydrogen) atoms. The normalized spacial score (nSPS) is 39.3. The van der Waals surface area contributed by atoms with Crippen LogP contribution in [0.4, 0.5) is 0 Å². The summed E-state index contributed by atoms with van der Waals surface area (Å²) in [5.74, 6) is -1.74.